The standard InChI is InChI=1S/C10H14O5S/c1-14-8-3-4-10(9(7-8)15-2)16(12,13)6-5-11/h3-4,7,11H,5-6H2,1-2H3. The Morgan fingerprint density at radius 1 is 1.25 bits per heavy atom. The van der Waals surface area contributed by atoms with Crippen LogP contribution < -0.4 is 9.47 Å². The van der Waals surface area contributed by atoms with Gasteiger partial charge in [0.15, 0.2) is 9.84 Å². The maximum Gasteiger partial charge on any atom is 0.184 e. The van der Waals surface area contributed by atoms with Crippen molar-refractivity contribution in [1.29, 1.82) is 0 Å². The predicted octanol–water partition coefficient (Wildman–Crippen LogP) is 0.470. The molecule has 1 aromatic carbocycles. The van der Waals surface area contributed by atoms with Gasteiger partial charge in [-0.3, -0.25) is 0 Å². The van der Waals surface area contributed by atoms with Crippen molar-refractivity contribution >= 4 is 9.84 Å². The van der Waals surface area contributed by atoms with Gasteiger partial charge in [0, 0.05) is 6.07 Å². The lowest BCUT2D eigenvalue weighted by atomic mass is 10.3. The summed E-state index contributed by atoms with van der Waals surface area (Å²) in [6, 6.07) is 4.43. The van der Waals surface area contributed by atoms with E-state index in [4.69, 9.17) is 14.6 Å². The van der Waals surface area contributed by atoms with Crippen LogP contribution in [0.15, 0.2) is 23.1 Å². The SMILES string of the molecule is COc1ccc(S(=O)(=O)CCO)c(OC)c1. The van der Waals surface area contributed by atoms with Crippen molar-refractivity contribution in [3.8, 4) is 11.5 Å². The number of ether oxygens (including phenoxy) is 2. The maximum atomic E-state index is 11.7. The maximum absolute atomic E-state index is 11.7. The fraction of sp³-hybridized carbons (Fsp3) is 0.400. The molecular weight excluding hydrogens is 232 g/mol. The van der Waals surface area contributed by atoms with Crippen molar-refractivity contribution in [2.45, 2.75) is 4.90 Å². The third kappa shape index (κ3) is 2.65. The molecule has 1 N–H and O–H groups in total. The van der Waals surface area contributed by atoms with Gasteiger partial charge >= 0.3 is 0 Å². The number of benzene rings is 1. The van der Waals surface area contributed by atoms with E-state index in [9.17, 15) is 8.42 Å². The van der Waals surface area contributed by atoms with E-state index in [2.05, 4.69) is 0 Å². The number of hydrogen-bond donors (Lipinski definition) is 1. The highest BCUT2D eigenvalue weighted by Gasteiger charge is 2.19. The number of hydrogen-bond acceptors (Lipinski definition) is 5. The van der Waals surface area contributed by atoms with Gasteiger partial charge in [-0.15, -0.1) is 0 Å². The Hall–Kier alpha value is -1.27. The van der Waals surface area contributed by atoms with Crippen molar-refractivity contribution in [2.75, 3.05) is 26.6 Å². The Labute approximate surface area is 94.5 Å². The monoisotopic (exact) mass is 246 g/mol. The summed E-state index contributed by atoms with van der Waals surface area (Å²) in [4.78, 5) is 0.0600. The van der Waals surface area contributed by atoms with Crippen LogP contribution in [0.5, 0.6) is 11.5 Å². The van der Waals surface area contributed by atoms with Crippen LogP contribution in [-0.4, -0.2) is 40.1 Å². The van der Waals surface area contributed by atoms with E-state index in [1.54, 1.807) is 0 Å². The van der Waals surface area contributed by atoms with Gasteiger partial charge in [0.2, 0.25) is 0 Å². The van der Waals surface area contributed by atoms with E-state index in [0.717, 1.165) is 0 Å². The molecule has 0 spiro atoms. The first-order chi connectivity index (χ1) is 7.55. The third-order valence-electron chi connectivity index (χ3n) is 2.07. The normalized spacial score (nSPS) is 11.2. The quantitative estimate of drug-likeness (QED) is 0.817. The number of aliphatic hydroxyl groups is 1. The summed E-state index contributed by atoms with van der Waals surface area (Å²) in [6.07, 6.45) is 0. The van der Waals surface area contributed by atoms with E-state index in [1.165, 1.54) is 32.4 Å². The average molecular weight is 246 g/mol. The second-order valence-corrected chi connectivity index (χ2v) is 5.14. The average Bonchev–Trinajstić information content (AvgIpc) is 2.28. The number of methoxy groups -OCH3 is 2. The van der Waals surface area contributed by atoms with Crippen LogP contribution in [0.25, 0.3) is 0 Å². The molecule has 1 aromatic rings. The van der Waals surface area contributed by atoms with Gasteiger partial charge < -0.3 is 14.6 Å². The summed E-state index contributed by atoms with van der Waals surface area (Å²) in [7, 11) is -0.644. The van der Waals surface area contributed by atoms with E-state index in [1.807, 2.05) is 0 Å². The second kappa shape index (κ2) is 5.18. The summed E-state index contributed by atoms with van der Waals surface area (Å²) < 4.78 is 33.4. The minimum Gasteiger partial charge on any atom is -0.497 e. The molecule has 0 bridgehead atoms. The van der Waals surface area contributed by atoms with Gasteiger partial charge in [0.05, 0.1) is 26.6 Å². The number of sulfone groups is 1. The van der Waals surface area contributed by atoms with Gasteiger partial charge in [-0.05, 0) is 12.1 Å². The number of rotatable bonds is 5. The summed E-state index contributed by atoms with van der Waals surface area (Å²) in [5, 5.41) is 8.68. The lowest BCUT2D eigenvalue weighted by molar-refractivity contribution is 0.319. The third-order valence-corrected chi connectivity index (χ3v) is 3.79. The van der Waals surface area contributed by atoms with Crippen LogP contribution in [0.2, 0.25) is 0 Å². The highest BCUT2D eigenvalue weighted by molar-refractivity contribution is 7.91. The topological polar surface area (TPSA) is 72.8 Å². The zero-order valence-corrected chi connectivity index (χ0v) is 9.95. The first-order valence-corrected chi connectivity index (χ1v) is 6.26. The molecule has 5 nitrogen and oxygen atoms in total. The second-order valence-electron chi connectivity index (χ2n) is 3.06. The van der Waals surface area contributed by atoms with E-state index >= 15 is 0 Å². The molecule has 0 heterocycles. The largest absolute Gasteiger partial charge is 0.497 e. The Kier molecular flexibility index (Phi) is 4.14. The Morgan fingerprint density at radius 3 is 2.44 bits per heavy atom. The minimum atomic E-state index is -3.51. The van der Waals surface area contributed by atoms with Crippen LogP contribution in [0, 0.1) is 0 Å². The van der Waals surface area contributed by atoms with Crippen LogP contribution in [0.3, 0.4) is 0 Å². The zero-order valence-electron chi connectivity index (χ0n) is 9.13. The Bertz CT molecular complexity index is 452. The fourth-order valence-electron chi connectivity index (χ4n) is 1.26. The molecule has 0 atom stereocenters. The van der Waals surface area contributed by atoms with Crippen LogP contribution in [0.4, 0.5) is 0 Å². The molecule has 0 fully saturated rings. The summed E-state index contributed by atoms with van der Waals surface area (Å²) >= 11 is 0. The van der Waals surface area contributed by atoms with Crippen molar-refractivity contribution in [3.05, 3.63) is 18.2 Å². The molecule has 0 saturated carbocycles. The lowest BCUT2D eigenvalue weighted by Gasteiger charge is -2.10. The Balaban J connectivity index is 3.24. The van der Waals surface area contributed by atoms with Crippen molar-refractivity contribution < 1.29 is 23.0 Å². The van der Waals surface area contributed by atoms with Gasteiger partial charge in [0.25, 0.3) is 0 Å². The molecule has 0 radical (unpaired) electrons. The van der Waals surface area contributed by atoms with Gasteiger partial charge in [-0.2, -0.15) is 0 Å². The highest BCUT2D eigenvalue weighted by Crippen LogP contribution is 2.28. The molecule has 0 aromatic heterocycles. The smallest absolute Gasteiger partial charge is 0.184 e. The highest BCUT2D eigenvalue weighted by atomic mass is 32.2. The molecular formula is C10H14O5S. The van der Waals surface area contributed by atoms with Gasteiger partial charge in [-0.25, -0.2) is 8.42 Å². The van der Waals surface area contributed by atoms with Crippen LogP contribution >= 0.6 is 0 Å². The van der Waals surface area contributed by atoms with Gasteiger partial charge in [0.1, 0.15) is 16.4 Å². The van der Waals surface area contributed by atoms with Crippen molar-refractivity contribution in [1.82, 2.24) is 0 Å². The van der Waals surface area contributed by atoms with E-state index in [0.29, 0.717) is 5.75 Å². The molecule has 0 aliphatic heterocycles. The first-order valence-electron chi connectivity index (χ1n) is 4.61. The lowest BCUT2D eigenvalue weighted by Crippen LogP contribution is -2.11. The summed E-state index contributed by atoms with van der Waals surface area (Å²) in [5.41, 5.74) is 0. The van der Waals surface area contributed by atoms with Crippen LogP contribution in [-0.2, 0) is 9.84 Å². The van der Waals surface area contributed by atoms with Crippen LogP contribution in [0.1, 0.15) is 0 Å². The fourth-order valence-corrected chi connectivity index (χ4v) is 2.45. The zero-order chi connectivity index (χ0) is 12.2. The molecule has 0 aliphatic carbocycles. The molecule has 16 heavy (non-hydrogen) atoms. The predicted molar refractivity (Wildman–Crippen MR) is 58.7 cm³/mol. The van der Waals surface area contributed by atoms with E-state index < -0.39 is 16.4 Å². The molecule has 1 rings (SSSR count). The van der Waals surface area contributed by atoms with Crippen molar-refractivity contribution in [2.24, 2.45) is 0 Å². The summed E-state index contributed by atoms with van der Waals surface area (Å²) in [5.74, 6) is 0.406. The molecule has 6 heteroatoms. The molecule has 0 saturated heterocycles. The molecule has 90 valence electrons. The molecule has 0 aliphatic rings. The first kappa shape index (κ1) is 12.8. The number of aliphatic hydroxyl groups excluding tert-OH is 1. The molecule has 0 amide bonds. The van der Waals surface area contributed by atoms with Crippen molar-refractivity contribution in [3.63, 3.8) is 0 Å². The minimum absolute atomic E-state index is 0.0600. The summed E-state index contributed by atoms with van der Waals surface area (Å²) in [6.45, 7) is -0.419. The molecule has 0 unspecified atom stereocenters. The van der Waals surface area contributed by atoms with E-state index in [-0.39, 0.29) is 16.4 Å². The Morgan fingerprint density at radius 2 is 1.94 bits per heavy atom. The van der Waals surface area contributed by atoms with Gasteiger partial charge in [-0.1, -0.05) is 0 Å².